The molecule has 0 aliphatic carbocycles. The Hall–Kier alpha value is -2.16. The molecule has 9 nitrogen and oxygen atoms in total. The van der Waals surface area contributed by atoms with Gasteiger partial charge < -0.3 is 30.6 Å². The van der Waals surface area contributed by atoms with E-state index < -0.39 is 29.9 Å². The molecule has 3 rings (SSSR count). The zero-order chi connectivity index (χ0) is 25.1. The molecule has 0 bridgehead atoms. The first-order valence-corrected chi connectivity index (χ1v) is 11.4. The van der Waals surface area contributed by atoms with Crippen molar-refractivity contribution in [1.29, 1.82) is 0 Å². The lowest BCUT2D eigenvalue weighted by atomic mass is 9.98. The summed E-state index contributed by atoms with van der Waals surface area (Å²) >= 11 is 0.888. The van der Waals surface area contributed by atoms with E-state index in [0.29, 0.717) is 42.0 Å². The molecule has 34 heavy (non-hydrogen) atoms. The van der Waals surface area contributed by atoms with Crippen LogP contribution in [0.5, 0.6) is 0 Å². The molecule has 1 fully saturated rings. The number of alkyl halides is 3. The van der Waals surface area contributed by atoms with Gasteiger partial charge in [-0.3, -0.25) is 0 Å². The minimum absolute atomic E-state index is 0.00866. The van der Waals surface area contributed by atoms with Crippen LogP contribution in [0.2, 0.25) is 0 Å². The number of anilines is 3. The fourth-order valence-corrected chi connectivity index (χ4v) is 4.20. The molecule has 1 saturated heterocycles. The zero-order valence-corrected chi connectivity index (χ0v) is 19.5. The summed E-state index contributed by atoms with van der Waals surface area (Å²) in [6, 6.07) is 5.00. The molecule has 0 saturated carbocycles. The smallest absolute Gasteiger partial charge is 0.390 e. The number of nitrogens with one attached hydrogen (secondary N) is 2. The van der Waals surface area contributed by atoms with Crippen LogP contribution >= 0.6 is 11.9 Å². The first kappa shape index (κ1) is 26.4. The van der Waals surface area contributed by atoms with Gasteiger partial charge in [0.25, 0.3) is 5.91 Å². The Labute approximate surface area is 199 Å². The van der Waals surface area contributed by atoms with E-state index in [0.717, 1.165) is 18.1 Å². The molecule has 6 N–H and O–H groups in total. The van der Waals surface area contributed by atoms with Gasteiger partial charge in [0.05, 0.1) is 5.60 Å². The van der Waals surface area contributed by atoms with Crippen LogP contribution < -0.4 is 14.9 Å². The quantitative estimate of drug-likeness (QED) is 0.247. The van der Waals surface area contributed by atoms with E-state index in [2.05, 4.69) is 20.0 Å². The molecule has 1 aromatic carbocycles. The summed E-state index contributed by atoms with van der Waals surface area (Å²) in [5.41, 5.74) is -0.617. The molecular weight excluding hydrogens is 475 g/mol. The predicted octanol–water partition coefficient (Wildman–Crippen LogP) is 2.52. The summed E-state index contributed by atoms with van der Waals surface area (Å²) in [5, 5.41) is 40.9. The molecule has 2 aromatic rings. The van der Waals surface area contributed by atoms with Gasteiger partial charge >= 0.3 is 6.18 Å². The van der Waals surface area contributed by atoms with Crippen LogP contribution in [0.15, 0.2) is 29.3 Å². The standard InChI is InChI=1S/C21H28F3N5O4S/c1-13-10-14(34-28-20(32,33)12-30)4-5-16(13)26-18-25-11-15(21(22,23)24)17(27-18)29-8-3-6-19(2,31)7-9-29/h4-5,10-11,28,30-33H,3,6-9,12H2,1-2H3,(H,25,26,27). The number of aryl methyl sites for hydroxylation is 1. The first-order valence-electron chi connectivity index (χ1n) is 10.6. The average Bonchev–Trinajstić information content (AvgIpc) is 2.93. The van der Waals surface area contributed by atoms with E-state index in [1.54, 1.807) is 32.0 Å². The Kier molecular flexibility index (Phi) is 7.95. The van der Waals surface area contributed by atoms with Gasteiger partial charge in [-0.15, -0.1) is 0 Å². The van der Waals surface area contributed by atoms with Crippen molar-refractivity contribution in [3.05, 3.63) is 35.5 Å². The SMILES string of the molecule is Cc1cc(SNC(O)(O)CO)ccc1Nc1ncc(C(F)(F)F)c(N2CCCC(C)(O)CC2)n1. The van der Waals surface area contributed by atoms with Crippen molar-refractivity contribution in [3.8, 4) is 0 Å². The zero-order valence-electron chi connectivity index (χ0n) is 18.7. The number of hydrogen-bond donors (Lipinski definition) is 6. The van der Waals surface area contributed by atoms with Crippen molar-refractivity contribution < 1.29 is 33.6 Å². The Balaban J connectivity index is 1.83. The third kappa shape index (κ3) is 6.93. The molecule has 0 radical (unpaired) electrons. The van der Waals surface area contributed by atoms with Crippen LogP contribution in [-0.2, 0) is 6.18 Å². The van der Waals surface area contributed by atoms with Crippen molar-refractivity contribution in [2.24, 2.45) is 0 Å². The van der Waals surface area contributed by atoms with Crippen molar-refractivity contribution in [1.82, 2.24) is 14.7 Å². The monoisotopic (exact) mass is 503 g/mol. The van der Waals surface area contributed by atoms with Gasteiger partial charge in [-0.25, -0.2) is 9.71 Å². The Morgan fingerprint density at radius 3 is 2.59 bits per heavy atom. The van der Waals surface area contributed by atoms with E-state index in [1.807, 2.05) is 0 Å². The number of hydrogen-bond acceptors (Lipinski definition) is 10. The van der Waals surface area contributed by atoms with Crippen LogP contribution in [0.1, 0.15) is 37.3 Å². The molecule has 1 atom stereocenters. The van der Waals surface area contributed by atoms with Gasteiger partial charge in [-0.1, -0.05) is 0 Å². The number of aromatic nitrogens is 2. The fourth-order valence-electron chi connectivity index (χ4n) is 3.48. The largest absolute Gasteiger partial charge is 0.421 e. The van der Waals surface area contributed by atoms with Gasteiger partial charge in [0, 0.05) is 29.9 Å². The number of benzene rings is 1. The molecule has 188 valence electrons. The minimum Gasteiger partial charge on any atom is -0.390 e. The number of aliphatic hydroxyl groups excluding tert-OH is 1. The van der Waals surface area contributed by atoms with E-state index in [1.165, 1.54) is 4.90 Å². The predicted molar refractivity (Wildman–Crippen MR) is 121 cm³/mol. The molecule has 1 aliphatic rings. The number of halogens is 3. The van der Waals surface area contributed by atoms with Crippen molar-refractivity contribution >= 4 is 29.4 Å². The molecular formula is C21H28F3N5O4S. The van der Waals surface area contributed by atoms with Gasteiger partial charge in [-0.2, -0.15) is 18.2 Å². The maximum atomic E-state index is 13.7. The molecule has 2 heterocycles. The molecule has 0 spiro atoms. The number of nitrogens with zero attached hydrogens (tertiary/aromatic N) is 3. The highest BCUT2D eigenvalue weighted by molar-refractivity contribution is 7.97. The van der Waals surface area contributed by atoms with Crippen LogP contribution in [0.25, 0.3) is 0 Å². The van der Waals surface area contributed by atoms with E-state index in [4.69, 9.17) is 5.11 Å². The van der Waals surface area contributed by atoms with Gasteiger partial charge in [0.15, 0.2) is 0 Å². The normalized spacial score (nSPS) is 19.7. The summed E-state index contributed by atoms with van der Waals surface area (Å²) in [7, 11) is 0. The van der Waals surface area contributed by atoms with Crippen molar-refractivity contribution in [3.63, 3.8) is 0 Å². The lowest BCUT2D eigenvalue weighted by Gasteiger charge is -2.26. The minimum atomic E-state index is -4.63. The third-order valence-electron chi connectivity index (χ3n) is 5.43. The van der Waals surface area contributed by atoms with Crippen LogP contribution in [0.4, 0.5) is 30.6 Å². The van der Waals surface area contributed by atoms with E-state index in [9.17, 15) is 28.5 Å². The van der Waals surface area contributed by atoms with Crippen LogP contribution in [-0.4, -0.2) is 61.6 Å². The van der Waals surface area contributed by atoms with E-state index in [-0.39, 0.29) is 18.3 Å². The summed E-state index contributed by atoms with van der Waals surface area (Å²) in [6.45, 7) is 3.10. The average molecular weight is 504 g/mol. The summed E-state index contributed by atoms with van der Waals surface area (Å²) in [5.74, 6) is -2.69. The maximum Gasteiger partial charge on any atom is 0.421 e. The van der Waals surface area contributed by atoms with Gasteiger partial charge in [0.1, 0.15) is 18.0 Å². The second-order valence-electron chi connectivity index (χ2n) is 8.55. The Bertz CT molecular complexity index is 1010. The highest BCUT2D eigenvalue weighted by Gasteiger charge is 2.38. The second kappa shape index (κ2) is 10.2. The Morgan fingerprint density at radius 2 is 1.94 bits per heavy atom. The summed E-state index contributed by atoms with van der Waals surface area (Å²) in [6.07, 6.45) is -2.53. The number of rotatable bonds is 7. The van der Waals surface area contributed by atoms with E-state index >= 15 is 0 Å². The highest BCUT2D eigenvalue weighted by Crippen LogP contribution is 2.37. The van der Waals surface area contributed by atoms with Gasteiger partial charge in [-0.05, 0) is 68.8 Å². The molecule has 1 unspecified atom stereocenters. The molecule has 0 amide bonds. The molecule has 1 aliphatic heterocycles. The highest BCUT2D eigenvalue weighted by atomic mass is 32.2. The van der Waals surface area contributed by atoms with Crippen LogP contribution in [0, 0.1) is 6.92 Å². The molecule has 13 heteroatoms. The summed E-state index contributed by atoms with van der Waals surface area (Å²) < 4.78 is 43.3. The van der Waals surface area contributed by atoms with Crippen molar-refractivity contribution in [2.45, 2.75) is 55.7 Å². The number of aliphatic hydroxyl groups is 4. The maximum absolute atomic E-state index is 13.7. The topological polar surface area (TPSA) is 134 Å². The first-order chi connectivity index (χ1) is 15.8. The van der Waals surface area contributed by atoms with Crippen LogP contribution in [0.3, 0.4) is 0 Å². The summed E-state index contributed by atoms with van der Waals surface area (Å²) in [4.78, 5) is 10.2. The second-order valence-corrected chi connectivity index (χ2v) is 9.43. The van der Waals surface area contributed by atoms with Gasteiger partial charge in [0.2, 0.25) is 5.95 Å². The Morgan fingerprint density at radius 1 is 1.21 bits per heavy atom. The lowest BCUT2D eigenvalue weighted by Crippen LogP contribution is -2.44. The fraction of sp³-hybridized carbons (Fsp3) is 0.524. The molecule has 1 aromatic heterocycles. The lowest BCUT2D eigenvalue weighted by molar-refractivity contribution is -0.192. The van der Waals surface area contributed by atoms with Crippen molar-refractivity contribution in [2.75, 3.05) is 29.9 Å². The third-order valence-corrected chi connectivity index (χ3v) is 6.35.